The molecule has 0 spiro atoms. The fourth-order valence-electron chi connectivity index (χ4n) is 2.57. The smallest absolute Gasteiger partial charge is 0.287 e. The van der Waals surface area contributed by atoms with E-state index in [1.165, 1.54) is 12.3 Å². The Morgan fingerprint density at radius 2 is 2.26 bits per heavy atom. The van der Waals surface area contributed by atoms with E-state index in [4.69, 9.17) is 4.42 Å². The van der Waals surface area contributed by atoms with Crippen LogP contribution >= 0.6 is 0 Å². The monoisotopic (exact) mass is 318 g/mol. The first kappa shape index (κ1) is 15.3. The lowest BCUT2D eigenvalue weighted by Crippen LogP contribution is -2.26. The van der Waals surface area contributed by atoms with E-state index in [9.17, 15) is 10.1 Å². The molecule has 2 aromatic heterocycles. The summed E-state index contributed by atoms with van der Waals surface area (Å²) in [6.45, 7) is 4.38. The Balaban J connectivity index is 1.52. The molecular formula is C14H18N6O3. The maximum Gasteiger partial charge on any atom is 0.287 e. The summed E-state index contributed by atoms with van der Waals surface area (Å²) < 4.78 is 5.52. The van der Waals surface area contributed by atoms with Gasteiger partial charge in [-0.2, -0.15) is 0 Å². The van der Waals surface area contributed by atoms with Gasteiger partial charge in [0.1, 0.15) is 12.0 Å². The van der Waals surface area contributed by atoms with E-state index in [2.05, 4.69) is 25.4 Å². The number of nitro groups is 1. The number of hydrogen-bond donors (Lipinski definition) is 1. The zero-order valence-corrected chi connectivity index (χ0v) is 12.8. The Morgan fingerprint density at radius 1 is 1.43 bits per heavy atom. The third kappa shape index (κ3) is 3.81. The third-order valence-corrected chi connectivity index (χ3v) is 3.75. The zero-order valence-electron chi connectivity index (χ0n) is 12.8. The number of anilines is 1. The summed E-state index contributed by atoms with van der Waals surface area (Å²) in [5, 5.41) is 21.9. The molecule has 0 aliphatic carbocycles. The molecule has 1 aliphatic heterocycles. The van der Waals surface area contributed by atoms with E-state index in [1.54, 1.807) is 6.07 Å². The Hall–Kier alpha value is -2.55. The highest BCUT2D eigenvalue weighted by Gasteiger charge is 2.24. The maximum atomic E-state index is 10.6. The van der Waals surface area contributed by atoms with Gasteiger partial charge >= 0.3 is 0 Å². The molecule has 122 valence electrons. The maximum absolute atomic E-state index is 10.6. The summed E-state index contributed by atoms with van der Waals surface area (Å²) in [4.78, 5) is 16.5. The Morgan fingerprint density at radius 3 is 2.91 bits per heavy atom. The van der Waals surface area contributed by atoms with Gasteiger partial charge in [0.2, 0.25) is 11.8 Å². The van der Waals surface area contributed by atoms with Gasteiger partial charge in [-0.1, -0.05) is 6.92 Å². The van der Waals surface area contributed by atoms with E-state index in [1.807, 2.05) is 6.92 Å². The van der Waals surface area contributed by atoms with Crippen LogP contribution in [0.5, 0.6) is 0 Å². The fraction of sp³-hybridized carbons (Fsp3) is 0.500. The number of likely N-dealkylation sites (tertiary alicyclic amines) is 1. The topological polar surface area (TPSA) is 110 Å². The second-order valence-electron chi connectivity index (χ2n) is 5.47. The van der Waals surface area contributed by atoms with Crippen molar-refractivity contribution in [3.63, 3.8) is 0 Å². The number of rotatable bonds is 6. The number of nitrogens with one attached hydrogen (secondary N) is 1. The molecule has 3 heterocycles. The molecule has 0 amide bonds. The van der Waals surface area contributed by atoms with Crippen LogP contribution in [0.2, 0.25) is 0 Å². The van der Waals surface area contributed by atoms with E-state index < -0.39 is 4.92 Å². The molecule has 0 unspecified atom stereocenters. The SMILES string of the molecule is CCc1nnc(CN2CC[C@@H](Nc3ccc([N+](=O)[O-])cn3)C2)o1. The Labute approximate surface area is 132 Å². The molecule has 0 radical (unpaired) electrons. The van der Waals surface area contributed by atoms with Crippen LogP contribution in [0.15, 0.2) is 22.7 Å². The summed E-state index contributed by atoms with van der Waals surface area (Å²) in [7, 11) is 0. The van der Waals surface area contributed by atoms with Crippen molar-refractivity contribution < 1.29 is 9.34 Å². The molecule has 1 fully saturated rings. The predicted octanol–water partition coefficient (Wildman–Crippen LogP) is 1.62. The second-order valence-corrected chi connectivity index (χ2v) is 5.47. The molecule has 23 heavy (non-hydrogen) atoms. The van der Waals surface area contributed by atoms with Gasteiger partial charge in [0.05, 0.1) is 11.5 Å². The minimum Gasteiger partial charge on any atom is -0.424 e. The summed E-state index contributed by atoms with van der Waals surface area (Å²) in [5.74, 6) is 1.94. The highest BCUT2D eigenvalue weighted by Crippen LogP contribution is 2.18. The first-order chi connectivity index (χ1) is 11.1. The minimum absolute atomic E-state index is 0.00767. The van der Waals surface area contributed by atoms with Crippen LogP contribution in [-0.4, -0.2) is 44.1 Å². The average Bonchev–Trinajstić information content (AvgIpc) is 3.17. The van der Waals surface area contributed by atoms with Gasteiger partial charge in [-0.25, -0.2) is 4.98 Å². The van der Waals surface area contributed by atoms with Crippen molar-refractivity contribution in [3.05, 3.63) is 40.2 Å². The van der Waals surface area contributed by atoms with Crippen LogP contribution in [0, 0.1) is 10.1 Å². The molecule has 1 atom stereocenters. The van der Waals surface area contributed by atoms with E-state index in [-0.39, 0.29) is 11.7 Å². The van der Waals surface area contributed by atoms with Crippen molar-refractivity contribution in [2.75, 3.05) is 18.4 Å². The van der Waals surface area contributed by atoms with Gasteiger partial charge in [0.25, 0.3) is 5.69 Å². The molecule has 2 aromatic rings. The normalized spacial score (nSPS) is 18.2. The van der Waals surface area contributed by atoms with Crippen LogP contribution in [0.3, 0.4) is 0 Å². The molecule has 1 saturated heterocycles. The molecule has 0 aromatic carbocycles. The minimum atomic E-state index is -0.455. The van der Waals surface area contributed by atoms with Gasteiger partial charge < -0.3 is 9.73 Å². The van der Waals surface area contributed by atoms with Crippen molar-refractivity contribution in [1.29, 1.82) is 0 Å². The number of pyridine rings is 1. The Bertz CT molecular complexity index is 671. The Kier molecular flexibility index (Phi) is 4.47. The van der Waals surface area contributed by atoms with Crippen molar-refractivity contribution in [1.82, 2.24) is 20.1 Å². The van der Waals surface area contributed by atoms with Gasteiger partial charge in [-0.3, -0.25) is 15.0 Å². The van der Waals surface area contributed by atoms with Crippen molar-refractivity contribution in [2.24, 2.45) is 0 Å². The number of aromatic nitrogens is 3. The standard InChI is InChI=1S/C14H18N6O3/c1-2-13-17-18-14(23-13)9-19-6-5-10(8-19)16-12-4-3-11(7-15-12)20(21)22/h3-4,7,10H,2,5-6,8-9H2,1H3,(H,15,16)/t10-/m1/s1. The highest BCUT2D eigenvalue weighted by molar-refractivity contribution is 5.41. The van der Waals surface area contributed by atoms with Gasteiger partial charge in [-0.05, 0) is 12.5 Å². The quantitative estimate of drug-likeness (QED) is 0.632. The first-order valence-corrected chi connectivity index (χ1v) is 7.54. The third-order valence-electron chi connectivity index (χ3n) is 3.75. The number of hydrogen-bond acceptors (Lipinski definition) is 8. The van der Waals surface area contributed by atoms with Crippen LogP contribution in [-0.2, 0) is 13.0 Å². The molecule has 9 nitrogen and oxygen atoms in total. The summed E-state index contributed by atoms with van der Waals surface area (Å²) in [5.41, 5.74) is -0.00767. The van der Waals surface area contributed by atoms with Crippen LogP contribution in [0.1, 0.15) is 25.1 Å². The molecule has 1 aliphatic rings. The van der Waals surface area contributed by atoms with Crippen LogP contribution < -0.4 is 5.32 Å². The summed E-state index contributed by atoms with van der Waals surface area (Å²) >= 11 is 0. The largest absolute Gasteiger partial charge is 0.424 e. The van der Waals surface area contributed by atoms with Crippen LogP contribution in [0.4, 0.5) is 11.5 Å². The first-order valence-electron chi connectivity index (χ1n) is 7.54. The molecular weight excluding hydrogens is 300 g/mol. The van der Waals surface area contributed by atoms with E-state index >= 15 is 0 Å². The second kappa shape index (κ2) is 6.69. The molecule has 0 saturated carbocycles. The van der Waals surface area contributed by atoms with E-state index in [0.717, 1.165) is 25.9 Å². The lowest BCUT2D eigenvalue weighted by molar-refractivity contribution is -0.385. The average molecular weight is 318 g/mol. The van der Waals surface area contributed by atoms with Crippen molar-refractivity contribution in [3.8, 4) is 0 Å². The molecule has 0 bridgehead atoms. The van der Waals surface area contributed by atoms with Gasteiger partial charge in [-0.15, -0.1) is 10.2 Å². The van der Waals surface area contributed by atoms with Crippen molar-refractivity contribution in [2.45, 2.75) is 32.4 Å². The fourth-order valence-corrected chi connectivity index (χ4v) is 2.57. The van der Waals surface area contributed by atoms with Gasteiger partial charge in [0.15, 0.2) is 0 Å². The highest BCUT2D eigenvalue weighted by atomic mass is 16.6. The van der Waals surface area contributed by atoms with Gasteiger partial charge in [0, 0.05) is 31.6 Å². The number of aryl methyl sites for hydroxylation is 1. The van der Waals surface area contributed by atoms with Crippen LogP contribution in [0.25, 0.3) is 0 Å². The predicted molar refractivity (Wildman–Crippen MR) is 81.9 cm³/mol. The lowest BCUT2D eigenvalue weighted by Gasteiger charge is -2.15. The number of nitrogens with zero attached hydrogens (tertiary/aromatic N) is 5. The molecule has 9 heteroatoms. The zero-order chi connectivity index (χ0) is 16.2. The summed E-state index contributed by atoms with van der Waals surface area (Å²) in [6, 6.07) is 3.33. The lowest BCUT2D eigenvalue weighted by atomic mass is 10.2. The molecule has 3 rings (SSSR count). The van der Waals surface area contributed by atoms with E-state index in [0.29, 0.717) is 24.1 Å². The van der Waals surface area contributed by atoms with Crippen molar-refractivity contribution >= 4 is 11.5 Å². The summed E-state index contributed by atoms with van der Waals surface area (Å²) in [6.07, 6.45) is 2.97. The molecule has 1 N–H and O–H groups in total.